The molecule has 0 saturated carbocycles. The molecular weight excluding hydrogens is 386 g/mol. The van der Waals surface area contributed by atoms with Gasteiger partial charge in [-0.1, -0.05) is 23.2 Å². The van der Waals surface area contributed by atoms with Crippen molar-refractivity contribution in [3.05, 3.63) is 82.7 Å². The molecule has 0 unspecified atom stereocenters. The zero-order chi connectivity index (χ0) is 20.4. The third kappa shape index (κ3) is 3.98. The Bertz CT molecular complexity index is 1240. The van der Waals surface area contributed by atoms with Crippen molar-refractivity contribution in [3.63, 3.8) is 0 Å². The summed E-state index contributed by atoms with van der Waals surface area (Å²) < 4.78 is 17.0. The maximum Gasteiger partial charge on any atom is 0.144 e. The summed E-state index contributed by atoms with van der Waals surface area (Å²) in [6.45, 7) is 2.04. The molecule has 0 amide bonds. The number of aryl methyl sites for hydroxylation is 1. The van der Waals surface area contributed by atoms with Crippen molar-refractivity contribution in [2.75, 3.05) is 14.2 Å². The number of methoxy groups -OCH3 is 2. The molecule has 0 spiro atoms. The van der Waals surface area contributed by atoms with E-state index in [1.165, 1.54) is 0 Å². The second-order valence-corrected chi connectivity index (χ2v) is 7.09. The summed E-state index contributed by atoms with van der Waals surface area (Å²) in [5, 5.41) is 2.38. The van der Waals surface area contributed by atoms with Gasteiger partial charge >= 0.3 is 0 Å². The van der Waals surface area contributed by atoms with E-state index < -0.39 is 0 Å². The molecular formula is C24H20ClNO3. The topological polar surface area (TPSA) is 44.0 Å². The molecule has 146 valence electrons. The van der Waals surface area contributed by atoms with Crippen LogP contribution in [-0.4, -0.2) is 14.2 Å². The van der Waals surface area contributed by atoms with Gasteiger partial charge in [0.1, 0.15) is 28.5 Å². The van der Waals surface area contributed by atoms with E-state index in [2.05, 4.69) is 6.07 Å². The highest BCUT2D eigenvalue weighted by Gasteiger charge is 2.09. The van der Waals surface area contributed by atoms with Crippen LogP contribution in [0.3, 0.4) is 0 Å². The molecule has 29 heavy (non-hydrogen) atoms. The predicted octanol–water partition coefficient (Wildman–Crippen LogP) is 6.31. The lowest BCUT2D eigenvalue weighted by Gasteiger charge is -2.09. The standard InChI is InChI=1S/C24H20ClNO3/c1-15-4-10-22-19(12-15)20(14-24(29-22)16-5-7-17(25)8-6-16)26-21-13-18(27-2)9-11-23(21)28-3/h4-14H,1-3H3. The number of benzene rings is 3. The first-order chi connectivity index (χ1) is 14.1. The van der Waals surface area contributed by atoms with E-state index in [0.29, 0.717) is 28.0 Å². The van der Waals surface area contributed by atoms with Gasteiger partial charge in [-0.3, -0.25) is 0 Å². The molecule has 0 atom stereocenters. The van der Waals surface area contributed by atoms with Crippen molar-refractivity contribution in [1.29, 1.82) is 0 Å². The molecule has 0 fully saturated rings. The Kier molecular flexibility index (Phi) is 5.28. The van der Waals surface area contributed by atoms with Gasteiger partial charge in [-0.25, -0.2) is 4.99 Å². The number of halogens is 1. The average Bonchev–Trinajstić information content (AvgIpc) is 2.74. The molecule has 0 aliphatic rings. The van der Waals surface area contributed by atoms with Crippen LogP contribution in [0.2, 0.25) is 5.02 Å². The number of hydrogen-bond donors (Lipinski definition) is 0. The maximum atomic E-state index is 6.16. The van der Waals surface area contributed by atoms with Gasteiger partial charge in [0, 0.05) is 28.1 Å². The third-order valence-corrected chi connectivity index (χ3v) is 4.91. The van der Waals surface area contributed by atoms with E-state index in [0.717, 1.165) is 27.5 Å². The summed E-state index contributed by atoms with van der Waals surface area (Å²) in [6.07, 6.45) is 0. The maximum absolute atomic E-state index is 6.16. The molecule has 4 aromatic rings. The first-order valence-electron chi connectivity index (χ1n) is 9.14. The second kappa shape index (κ2) is 8.02. The molecule has 0 aliphatic heterocycles. The van der Waals surface area contributed by atoms with Crippen LogP contribution in [0.1, 0.15) is 5.56 Å². The molecule has 0 radical (unpaired) electrons. The summed E-state index contributed by atoms with van der Waals surface area (Å²) >= 11 is 6.04. The molecule has 4 rings (SSSR count). The van der Waals surface area contributed by atoms with E-state index in [9.17, 15) is 0 Å². The minimum atomic E-state index is 0.667. The summed E-state index contributed by atoms with van der Waals surface area (Å²) in [7, 11) is 3.26. The van der Waals surface area contributed by atoms with Gasteiger partial charge in [-0.05, 0) is 55.5 Å². The van der Waals surface area contributed by atoms with Crippen molar-refractivity contribution in [2.45, 2.75) is 6.92 Å². The van der Waals surface area contributed by atoms with Gasteiger partial charge in [0.05, 0.1) is 19.6 Å². The Morgan fingerprint density at radius 2 is 1.66 bits per heavy atom. The first-order valence-corrected chi connectivity index (χ1v) is 9.52. The normalized spacial score (nSPS) is 11.7. The lowest BCUT2D eigenvalue weighted by molar-refractivity contribution is 0.404. The smallest absolute Gasteiger partial charge is 0.144 e. The highest BCUT2D eigenvalue weighted by Crippen LogP contribution is 2.32. The lowest BCUT2D eigenvalue weighted by atomic mass is 10.1. The van der Waals surface area contributed by atoms with Crippen LogP contribution in [0.15, 0.2) is 76.1 Å². The molecule has 5 heteroatoms. The molecule has 4 nitrogen and oxygen atoms in total. The highest BCUT2D eigenvalue weighted by atomic mass is 35.5. The van der Waals surface area contributed by atoms with Gasteiger partial charge in [-0.2, -0.15) is 0 Å². The molecule has 0 N–H and O–H groups in total. The van der Waals surface area contributed by atoms with E-state index in [-0.39, 0.29) is 0 Å². The van der Waals surface area contributed by atoms with E-state index >= 15 is 0 Å². The molecule has 0 bridgehead atoms. The fourth-order valence-corrected chi connectivity index (χ4v) is 3.27. The van der Waals surface area contributed by atoms with Crippen LogP contribution in [-0.2, 0) is 0 Å². The number of hydrogen-bond acceptors (Lipinski definition) is 4. The van der Waals surface area contributed by atoms with Crippen molar-refractivity contribution in [2.24, 2.45) is 4.99 Å². The second-order valence-electron chi connectivity index (χ2n) is 6.65. The quantitative estimate of drug-likeness (QED) is 0.399. The van der Waals surface area contributed by atoms with Crippen LogP contribution in [0.4, 0.5) is 5.69 Å². The van der Waals surface area contributed by atoms with Gasteiger partial charge in [0.2, 0.25) is 0 Å². The Balaban J connectivity index is 2.01. The minimum absolute atomic E-state index is 0.667. The van der Waals surface area contributed by atoms with Gasteiger partial charge in [0.15, 0.2) is 0 Å². The molecule has 1 heterocycles. The summed E-state index contributed by atoms with van der Waals surface area (Å²) in [5.74, 6) is 2.09. The van der Waals surface area contributed by atoms with E-state index in [1.807, 2.05) is 67.6 Å². The predicted molar refractivity (Wildman–Crippen MR) is 116 cm³/mol. The molecule has 1 aromatic heterocycles. The van der Waals surface area contributed by atoms with Crippen molar-refractivity contribution in [3.8, 4) is 22.8 Å². The van der Waals surface area contributed by atoms with Gasteiger partial charge in [0.25, 0.3) is 0 Å². The van der Waals surface area contributed by atoms with Crippen LogP contribution in [0.25, 0.3) is 22.3 Å². The summed E-state index contributed by atoms with van der Waals surface area (Å²) in [4.78, 5) is 4.90. The van der Waals surface area contributed by atoms with Crippen LogP contribution in [0, 0.1) is 6.92 Å². The zero-order valence-corrected chi connectivity index (χ0v) is 17.2. The summed E-state index contributed by atoms with van der Waals surface area (Å²) in [5.41, 5.74) is 3.48. The van der Waals surface area contributed by atoms with Crippen molar-refractivity contribution < 1.29 is 13.9 Å². The minimum Gasteiger partial charge on any atom is -0.497 e. The number of rotatable bonds is 4. The fourth-order valence-electron chi connectivity index (χ4n) is 3.15. The Labute approximate surface area is 174 Å². The Morgan fingerprint density at radius 3 is 2.38 bits per heavy atom. The van der Waals surface area contributed by atoms with Gasteiger partial charge < -0.3 is 13.9 Å². The monoisotopic (exact) mass is 405 g/mol. The fraction of sp³-hybridized carbons (Fsp3) is 0.125. The number of nitrogens with zero attached hydrogens (tertiary/aromatic N) is 1. The Hall–Kier alpha value is -3.24. The van der Waals surface area contributed by atoms with E-state index in [1.54, 1.807) is 14.2 Å². The average molecular weight is 406 g/mol. The van der Waals surface area contributed by atoms with Crippen LogP contribution >= 0.6 is 11.6 Å². The van der Waals surface area contributed by atoms with Crippen LogP contribution in [0.5, 0.6) is 11.5 Å². The van der Waals surface area contributed by atoms with Crippen molar-refractivity contribution >= 4 is 28.3 Å². The highest BCUT2D eigenvalue weighted by molar-refractivity contribution is 6.30. The van der Waals surface area contributed by atoms with E-state index in [4.69, 9.17) is 30.5 Å². The number of fused-ring (bicyclic) bond motifs is 1. The van der Waals surface area contributed by atoms with Crippen molar-refractivity contribution in [1.82, 2.24) is 0 Å². The molecule has 0 aliphatic carbocycles. The molecule has 3 aromatic carbocycles. The SMILES string of the molecule is COc1ccc(OC)c(N=c2cc(-c3ccc(Cl)cc3)oc3ccc(C)cc23)c1. The summed E-state index contributed by atoms with van der Waals surface area (Å²) in [6, 6.07) is 21.1. The lowest BCUT2D eigenvalue weighted by Crippen LogP contribution is -2.04. The third-order valence-electron chi connectivity index (χ3n) is 4.65. The molecule has 0 saturated heterocycles. The zero-order valence-electron chi connectivity index (χ0n) is 16.4. The van der Waals surface area contributed by atoms with Gasteiger partial charge in [-0.15, -0.1) is 0 Å². The van der Waals surface area contributed by atoms with Crippen LogP contribution < -0.4 is 14.8 Å². The first kappa shape index (κ1) is 19.1. The Morgan fingerprint density at radius 1 is 0.862 bits per heavy atom. The number of ether oxygens (including phenoxy) is 2. The largest absolute Gasteiger partial charge is 0.497 e.